The van der Waals surface area contributed by atoms with Crippen LogP contribution in [0.25, 0.3) is 11.0 Å². The summed E-state index contributed by atoms with van der Waals surface area (Å²) in [6.07, 6.45) is 3.55. The van der Waals surface area contributed by atoms with Gasteiger partial charge >= 0.3 is 0 Å². The number of imidazole rings is 1. The minimum Gasteiger partial charge on any atom is -0.459 e. The van der Waals surface area contributed by atoms with Crippen LogP contribution in [0.5, 0.6) is 0 Å². The Kier molecular flexibility index (Phi) is 3.72. The molecule has 3 rings (SSSR count). The van der Waals surface area contributed by atoms with E-state index < -0.39 is 5.54 Å². The molecule has 0 atom stereocenters. The number of aromatic nitrogens is 2. The highest BCUT2D eigenvalue weighted by atomic mass is 16.3. The first-order chi connectivity index (χ1) is 10.9. The number of fused-ring (bicyclic) bond motifs is 1. The maximum Gasteiger partial charge on any atom is 0.246 e. The van der Waals surface area contributed by atoms with Crippen molar-refractivity contribution in [2.45, 2.75) is 39.8 Å². The van der Waals surface area contributed by atoms with E-state index in [1.807, 2.05) is 62.7 Å². The van der Waals surface area contributed by atoms with Crippen LogP contribution in [-0.4, -0.2) is 15.5 Å². The molecule has 0 fully saturated rings. The van der Waals surface area contributed by atoms with Gasteiger partial charge in [0.1, 0.15) is 16.9 Å². The van der Waals surface area contributed by atoms with Crippen LogP contribution in [-0.2, 0) is 16.9 Å². The average molecular weight is 311 g/mol. The second kappa shape index (κ2) is 5.57. The van der Waals surface area contributed by atoms with Gasteiger partial charge in [-0.05, 0) is 33.8 Å². The number of carbonyl (C=O) groups is 1. The predicted molar refractivity (Wildman–Crippen MR) is 89.1 cm³/mol. The van der Waals surface area contributed by atoms with Gasteiger partial charge in [0.05, 0.1) is 18.6 Å². The quantitative estimate of drug-likeness (QED) is 0.804. The molecule has 0 spiro atoms. The van der Waals surface area contributed by atoms with Crippen molar-refractivity contribution >= 4 is 16.9 Å². The Morgan fingerprint density at radius 2 is 2.04 bits per heavy atom. The number of carbonyl (C=O) groups excluding carboxylic acids is 1. The fourth-order valence-electron chi connectivity index (χ4n) is 2.61. The standard InChI is InChI=1S/C18H21N3O2/c1-12-10-21(11-20-12)18(3,4)17(22)19-9-16-13(2)14-7-5-6-8-15(14)23-16/h5-8,10-11H,9H2,1-4H3,(H,19,22). The van der Waals surface area contributed by atoms with E-state index in [-0.39, 0.29) is 5.91 Å². The van der Waals surface area contributed by atoms with Gasteiger partial charge in [-0.1, -0.05) is 18.2 Å². The Morgan fingerprint density at radius 1 is 1.30 bits per heavy atom. The molecule has 0 unspecified atom stereocenters. The molecule has 2 heterocycles. The summed E-state index contributed by atoms with van der Waals surface area (Å²) in [6, 6.07) is 7.89. The molecule has 0 saturated heterocycles. The van der Waals surface area contributed by atoms with Gasteiger partial charge in [0.25, 0.3) is 0 Å². The number of aryl methyl sites for hydroxylation is 2. The molecule has 0 aliphatic carbocycles. The molecule has 0 radical (unpaired) electrons. The Morgan fingerprint density at radius 3 is 2.70 bits per heavy atom. The van der Waals surface area contributed by atoms with Crippen LogP contribution in [0.1, 0.15) is 30.9 Å². The van der Waals surface area contributed by atoms with Crippen LogP contribution >= 0.6 is 0 Å². The van der Waals surface area contributed by atoms with E-state index in [0.717, 1.165) is 28.0 Å². The lowest BCUT2D eigenvalue weighted by Crippen LogP contribution is -2.43. The van der Waals surface area contributed by atoms with Gasteiger partial charge in [0.2, 0.25) is 5.91 Å². The van der Waals surface area contributed by atoms with Crippen LogP contribution < -0.4 is 5.32 Å². The lowest BCUT2D eigenvalue weighted by Gasteiger charge is -2.25. The van der Waals surface area contributed by atoms with Crippen molar-refractivity contribution in [3.63, 3.8) is 0 Å². The third-order valence-corrected chi connectivity index (χ3v) is 4.26. The number of nitrogens with zero attached hydrogens (tertiary/aromatic N) is 2. The van der Waals surface area contributed by atoms with Crippen LogP contribution in [0.4, 0.5) is 0 Å². The number of furan rings is 1. The number of nitrogens with one attached hydrogen (secondary N) is 1. The third-order valence-electron chi connectivity index (χ3n) is 4.26. The summed E-state index contributed by atoms with van der Waals surface area (Å²) < 4.78 is 7.66. The summed E-state index contributed by atoms with van der Waals surface area (Å²) >= 11 is 0. The third kappa shape index (κ3) is 2.74. The van der Waals surface area contributed by atoms with Crippen molar-refractivity contribution in [1.82, 2.24) is 14.9 Å². The maximum absolute atomic E-state index is 12.6. The fourth-order valence-corrected chi connectivity index (χ4v) is 2.61. The molecule has 1 aromatic carbocycles. The summed E-state index contributed by atoms with van der Waals surface area (Å²) in [5.74, 6) is 0.715. The summed E-state index contributed by atoms with van der Waals surface area (Å²) in [5.41, 5.74) is 2.09. The molecule has 5 heteroatoms. The molecule has 0 bridgehead atoms. The van der Waals surface area contributed by atoms with Gasteiger partial charge in [0, 0.05) is 17.1 Å². The first-order valence-electron chi connectivity index (χ1n) is 7.66. The smallest absolute Gasteiger partial charge is 0.246 e. The fraction of sp³-hybridized carbons (Fsp3) is 0.333. The highest BCUT2D eigenvalue weighted by Gasteiger charge is 2.29. The molecule has 1 N–H and O–H groups in total. The summed E-state index contributed by atoms with van der Waals surface area (Å²) in [7, 11) is 0. The molecule has 120 valence electrons. The van der Waals surface area contributed by atoms with E-state index in [1.54, 1.807) is 6.33 Å². The molecule has 0 aliphatic rings. The molecule has 0 saturated carbocycles. The number of amides is 1. The van der Waals surface area contributed by atoms with Gasteiger partial charge in [0.15, 0.2) is 0 Å². The minimum atomic E-state index is -0.707. The largest absolute Gasteiger partial charge is 0.459 e. The van der Waals surface area contributed by atoms with Crippen molar-refractivity contribution < 1.29 is 9.21 Å². The zero-order valence-corrected chi connectivity index (χ0v) is 13.9. The first kappa shape index (κ1) is 15.3. The van der Waals surface area contributed by atoms with Crippen LogP contribution in [0.3, 0.4) is 0 Å². The molecule has 0 aliphatic heterocycles. The highest BCUT2D eigenvalue weighted by Crippen LogP contribution is 2.25. The van der Waals surface area contributed by atoms with Gasteiger partial charge in [-0.25, -0.2) is 4.98 Å². The molecular weight excluding hydrogens is 290 g/mol. The van der Waals surface area contributed by atoms with E-state index in [9.17, 15) is 4.79 Å². The molecule has 3 aromatic rings. The highest BCUT2D eigenvalue weighted by molar-refractivity contribution is 5.84. The van der Waals surface area contributed by atoms with E-state index in [0.29, 0.717) is 6.54 Å². The normalized spacial score (nSPS) is 11.8. The Bertz CT molecular complexity index is 858. The van der Waals surface area contributed by atoms with Crippen LogP contribution in [0.2, 0.25) is 0 Å². The van der Waals surface area contributed by atoms with Crippen molar-refractivity contribution in [2.24, 2.45) is 0 Å². The number of hydrogen-bond donors (Lipinski definition) is 1. The molecule has 1 amide bonds. The SMILES string of the molecule is Cc1cn(C(C)(C)C(=O)NCc2oc3ccccc3c2C)cn1. The van der Waals surface area contributed by atoms with E-state index in [2.05, 4.69) is 10.3 Å². The summed E-state index contributed by atoms with van der Waals surface area (Å²) in [4.78, 5) is 16.8. The molecular formula is C18H21N3O2. The molecule has 2 aromatic heterocycles. The second-order valence-electron chi connectivity index (χ2n) is 6.31. The first-order valence-corrected chi connectivity index (χ1v) is 7.66. The topological polar surface area (TPSA) is 60.1 Å². The van der Waals surface area contributed by atoms with Crippen molar-refractivity contribution in [3.05, 3.63) is 53.8 Å². The monoisotopic (exact) mass is 311 g/mol. The maximum atomic E-state index is 12.6. The minimum absolute atomic E-state index is 0.0743. The van der Waals surface area contributed by atoms with Gasteiger partial charge in [-0.3, -0.25) is 4.79 Å². The van der Waals surface area contributed by atoms with E-state index in [4.69, 9.17) is 4.42 Å². The Labute approximate surface area is 135 Å². The number of benzene rings is 1. The zero-order chi connectivity index (χ0) is 16.6. The van der Waals surface area contributed by atoms with Gasteiger partial charge in [-0.2, -0.15) is 0 Å². The van der Waals surface area contributed by atoms with Crippen molar-refractivity contribution in [3.8, 4) is 0 Å². The van der Waals surface area contributed by atoms with Crippen LogP contribution in [0.15, 0.2) is 41.2 Å². The average Bonchev–Trinajstić information content (AvgIpc) is 3.10. The summed E-state index contributed by atoms with van der Waals surface area (Å²) in [5, 5.41) is 4.05. The lowest BCUT2D eigenvalue weighted by molar-refractivity contribution is -0.128. The lowest BCUT2D eigenvalue weighted by atomic mass is 10.0. The Balaban J connectivity index is 1.76. The van der Waals surface area contributed by atoms with Gasteiger partial charge in [-0.15, -0.1) is 0 Å². The predicted octanol–water partition coefficient (Wildman–Crippen LogP) is 3.30. The number of para-hydroxylation sites is 1. The second-order valence-corrected chi connectivity index (χ2v) is 6.31. The van der Waals surface area contributed by atoms with Crippen molar-refractivity contribution in [2.75, 3.05) is 0 Å². The number of rotatable bonds is 4. The van der Waals surface area contributed by atoms with Crippen LogP contribution in [0, 0.1) is 13.8 Å². The molecule has 5 nitrogen and oxygen atoms in total. The summed E-state index contributed by atoms with van der Waals surface area (Å²) in [6.45, 7) is 8.03. The zero-order valence-electron chi connectivity index (χ0n) is 13.9. The van der Waals surface area contributed by atoms with Crippen molar-refractivity contribution in [1.29, 1.82) is 0 Å². The van der Waals surface area contributed by atoms with E-state index >= 15 is 0 Å². The van der Waals surface area contributed by atoms with Gasteiger partial charge < -0.3 is 14.3 Å². The Hall–Kier alpha value is -2.56. The van der Waals surface area contributed by atoms with E-state index in [1.165, 1.54) is 0 Å². The number of hydrogen-bond acceptors (Lipinski definition) is 3. The molecule has 23 heavy (non-hydrogen) atoms.